The fourth-order valence-electron chi connectivity index (χ4n) is 2.26. The van der Waals surface area contributed by atoms with Crippen molar-refractivity contribution in [1.82, 2.24) is 0 Å². The maximum Gasteiger partial charge on any atom is 0.323 e. The second-order valence-corrected chi connectivity index (χ2v) is 5.60. The molecule has 0 fully saturated rings. The van der Waals surface area contributed by atoms with Crippen LogP contribution < -0.4 is 0 Å². The van der Waals surface area contributed by atoms with E-state index in [-0.39, 0.29) is 0 Å². The van der Waals surface area contributed by atoms with Gasteiger partial charge >= 0.3 is 11.9 Å². The molecular formula is C16H22O4. The SMILES string of the molecule is COC(=O)C(C)(C(=O)OC)C(C)(C)c1ccc(C)cc1. The molecule has 1 aromatic rings. The average Bonchev–Trinajstić information content (AvgIpc) is 2.44. The largest absolute Gasteiger partial charge is 0.468 e. The molecule has 0 saturated heterocycles. The summed E-state index contributed by atoms with van der Waals surface area (Å²) >= 11 is 0. The number of hydrogen-bond acceptors (Lipinski definition) is 4. The van der Waals surface area contributed by atoms with Gasteiger partial charge in [0.05, 0.1) is 14.2 Å². The Balaban J connectivity index is 3.41. The number of ether oxygens (including phenoxy) is 2. The zero-order valence-electron chi connectivity index (χ0n) is 12.9. The highest BCUT2D eigenvalue weighted by molar-refractivity contribution is 6.01. The molecule has 0 aliphatic rings. The molecule has 0 aromatic heterocycles. The molecule has 0 amide bonds. The van der Waals surface area contributed by atoms with E-state index in [9.17, 15) is 9.59 Å². The summed E-state index contributed by atoms with van der Waals surface area (Å²) in [6, 6.07) is 7.73. The van der Waals surface area contributed by atoms with E-state index < -0.39 is 22.8 Å². The summed E-state index contributed by atoms with van der Waals surface area (Å²) in [5.74, 6) is -1.20. The smallest absolute Gasteiger partial charge is 0.323 e. The lowest BCUT2D eigenvalue weighted by Gasteiger charge is -2.39. The van der Waals surface area contributed by atoms with Crippen LogP contribution in [0.5, 0.6) is 0 Å². The molecule has 4 nitrogen and oxygen atoms in total. The summed E-state index contributed by atoms with van der Waals surface area (Å²) in [5, 5.41) is 0. The summed E-state index contributed by atoms with van der Waals surface area (Å²) in [5.41, 5.74) is -0.184. The molecule has 0 aliphatic heterocycles. The van der Waals surface area contributed by atoms with Crippen LogP contribution >= 0.6 is 0 Å². The minimum absolute atomic E-state index is 0.602. The zero-order chi connectivity index (χ0) is 15.6. The van der Waals surface area contributed by atoms with Crippen molar-refractivity contribution >= 4 is 11.9 Å². The highest BCUT2D eigenvalue weighted by atomic mass is 16.5. The fraction of sp³-hybridized carbons (Fsp3) is 0.500. The highest BCUT2D eigenvalue weighted by Crippen LogP contribution is 2.43. The third-order valence-electron chi connectivity index (χ3n) is 4.21. The summed E-state index contributed by atoms with van der Waals surface area (Å²) in [6.07, 6.45) is 0. The lowest BCUT2D eigenvalue weighted by Crippen LogP contribution is -2.52. The number of esters is 2. The van der Waals surface area contributed by atoms with Crippen LogP contribution in [0.4, 0.5) is 0 Å². The van der Waals surface area contributed by atoms with E-state index in [4.69, 9.17) is 9.47 Å². The molecule has 110 valence electrons. The first-order valence-corrected chi connectivity index (χ1v) is 6.45. The molecule has 0 aliphatic carbocycles. The van der Waals surface area contributed by atoms with E-state index in [0.717, 1.165) is 11.1 Å². The molecule has 0 N–H and O–H groups in total. The molecule has 0 heterocycles. The minimum Gasteiger partial charge on any atom is -0.468 e. The third-order valence-corrected chi connectivity index (χ3v) is 4.21. The topological polar surface area (TPSA) is 52.6 Å². The normalized spacial score (nSPS) is 11.9. The Morgan fingerprint density at radius 1 is 0.900 bits per heavy atom. The van der Waals surface area contributed by atoms with Crippen molar-refractivity contribution in [2.24, 2.45) is 5.41 Å². The van der Waals surface area contributed by atoms with Gasteiger partial charge in [-0.25, -0.2) is 0 Å². The number of carbonyl (C=O) groups excluding carboxylic acids is 2. The van der Waals surface area contributed by atoms with E-state index in [1.165, 1.54) is 14.2 Å². The van der Waals surface area contributed by atoms with Gasteiger partial charge in [-0.1, -0.05) is 43.7 Å². The van der Waals surface area contributed by atoms with Crippen LogP contribution in [-0.4, -0.2) is 26.2 Å². The lowest BCUT2D eigenvalue weighted by molar-refractivity contribution is -0.172. The Morgan fingerprint density at radius 2 is 1.30 bits per heavy atom. The van der Waals surface area contributed by atoms with Crippen molar-refractivity contribution in [3.63, 3.8) is 0 Å². The quantitative estimate of drug-likeness (QED) is 0.627. The zero-order valence-corrected chi connectivity index (χ0v) is 12.9. The van der Waals surface area contributed by atoms with E-state index in [1.807, 2.05) is 45.0 Å². The Labute approximate surface area is 120 Å². The van der Waals surface area contributed by atoms with Gasteiger partial charge in [0, 0.05) is 5.41 Å². The van der Waals surface area contributed by atoms with Crippen molar-refractivity contribution in [2.75, 3.05) is 14.2 Å². The van der Waals surface area contributed by atoms with Gasteiger partial charge in [-0.15, -0.1) is 0 Å². The van der Waals surface area contributed by atoms with Crippen molar-refractivity contribution in [3.05, 3.63) is 35.4 Å². The first-order chi connectivity index (χ1) is 9.21. The van der Waals surface area contributed by atoms with Crippen LogP contribution in [-0.2, 0) is 24.5 Å². The number of benzene rings is 1. The van der Waals surface area contributed by atoms with E-state index >= 15 is 0 Å². The first kappa shape index (κ1) is 16.2. The number of rotatable bonds is 4. The van der Waals surface area contributed by atoms with Gasteiger partial charge in [-0.2, -0.15) is 0 Å². The molecule has 1 aromatic carbocycles. The minimum atomic E-state index is -1.41. The van der Waals surface area contributed by atoms with Gasteiger partial charge in [-0.3, -0.25) is 9.59 Å². The van der Waals surface area contributed by atoms with Crippen LogP contribution in [0, 0.1) is 12.3 Å². The standard InChI is InChI=1S/C16H22O4/c1-11-7-9-12(10-8-11)15(2,3)16(4,13(17)19-5)14(18)20-6/h7-10H,1-6H3. The Bertz CT molecular complexity index is 484. The van der Waals surface area contributed by atoms with Crippen LogP contribution in [0.3, 0.4) is 0 Å². The number of methoxy groups -OCH3 is 2. The van der Waals surface area contributed by atoms with Crippen molar-refractivity contribution in [1.29, 1.82) is 0 Å². The molecule has 4 heteroatoms. The molecule has 0 bridgehead atoms. The monoisotopic (exact) mass is 278 g/mol. The Hall–Kier alpha value is -1.84. The molecule has 20 heavy (non-hydrogen) atoms. The molecule has 0 atom stereocenters. The lowest BCUT2D eigenvalue weighted by atomic mass is 9.63. The van der Waals surface area contributed by atoms with Crippen molar-refractivity contribution in [3.8, 4) is 0 Å². The molecule has 0 unspecified atom stereocenters. The molecule has 1 rings (SSSR count). The van der Waals surface area contributed by atoms with Gasteiger partial charge in [0.2, 0.25) is 0 Å². The highest BCUT2D eigenvalue weighted by Gasteiger charge is 2.56. The predicted molar refractivity (Wildman–Crippen MR) is 76.3 cm³/mol. The van der Waals surface area contributed by atoms with Gasteiger partial charge in [0.25, 0.3) is 0 Å². The predicted octanol–water partition coefficient (Wildman–Crippen LogP) is 2.62. The fourth-order valence-corrected chi connectivity index (χ4v) is 2.26. The average molecular weight is 278 g/mol. The van der Waals surface area contributed by atoms with Crippen molar-refractivity contribution < 1.29 is 19.1 Å². The Kier molecular flexibility index (Phi) is 4.58. The first-order valence-electron chi connectivity index (χ1n) is 6.45. The van der Waals surface area contributed by atoms with Crippen LogP contribution in [0.2, 0.25) is 0 Å². The summed E-state index contributed by atoms with van der Waals surface area (Å²) < 4.78 is 9.66. The third kappa shape index (κ3) is 2.42. The van der Waals surface area contributed by atoms with Gasteiger partial charge in [0.15, 0.2) is 5.41 Å². The van der Waals surface area contributed by atoms with Crippen molar-refractivity contribution in [2.45, 2.75) is 33.1 Å². The molecule has 0 radical (unpaired) electrons. The van der Waals surface area contributed by atoms with Crippen LogP contribution in [0.1, 0.15) is 31.9 Å². The van der Waals surface area contributed by atoms with E-state index in [2.05, 4.69) is 0 Å². The second-order valence-electron chi connectivity index (χ2n) is 5.60. The molecule has 0 spiro atoms. The summed E-state index contributed by atoms with van der Waals surface area (Å²) in [7, 11) is 2.55. The number of aryl methyl sites for hydroxylation is 1. The summed E-state index contributed by atoms with van der Waals surface area (Å²) in [4.78, 5) is 24.4. The number of carbonyl (C=O) groups is 2. The maximum absolute atomic E-state index is 12.2. The molecular weight excluding hydrogens is 256 g/mol. The number of hydrogen-bond donors (Lipinski definition) is 0. The maximum atomic E-state index is 12.2. The summed E-state index contributed by atoms with van der Waals surface area (Å²) in [6.45, 7) is 7.22. The van der Waals surface area contributed by atoms with Crippen LogP contribution in [0.25, 0.3) is 0 Å². The van der Waals surface area contributed by atoms with Crippen LogP contribution in [0.15, 0.2) is 24.3 Å². The van der Waals surface area contributed by atoms with Gasteiger partial charge in [0.1, 0.15) is 0 Å². The molecule has 0 saturated carbocycles. The van der Waals surface area contributed by atoms with E-state index in [0.29, 0.717) is 0 Å². The van der Waals surface area contributed by atoms with Gasteiger partial charge in [-0.05, 0) is 19.4 Å². The Morgan fingerprint density at radius 3 is 1.65 bits per heavy atom. The van der Waals surface area contributed by atoms with E-state index in [1.54, 1.807) is 6.92 Å². The van der Waals surface area contributed by atoms with Gasteiger partial charge < -0.3 is 9.47 Å². The second kappa shape index (κ2) is 5.65.